The molecule has 0 saturated heterocycles. The summed E-state index contributed by atoms with van der Waals surface area (Å²) in [5.74, 6) is -1.80. The van der Waals surface area contributed by atoms with Crippen molar-refractivity contribution in [3.63, 3.8) is 0 Å². The van der Waals surface area contributed by atoms with Crippen LogP contribution in [0.2, 0.25) is 0 Å². The normalized spacial score (nSPS) is 21.2. The Morgan fingerprint density at radius 1 is 1.30 bits per heavy atom. The van der Waals surface area contributed by atoms with Crippen LogP contribution in [0.3, 0.4) is 0 Å². The number of allylic oxidation sites excluding steroid dienone is 1. The van der Waals surface area contributed by atoms with Gasteiger partial charge in [0.1, 0.15) is 5.75 Å². The average molecular weight is 275 g/mol. The van der Waals surface area contributed by atoms with E-state index in [2.05, 4.69) is 5.32 Å². The lowest BCUT2D eigenvalue weighted by molar-refractivity contribution is -0.145. The molecular formula is C15H17NO4. The van der Waals surface area contributed by atoms with Crippen LogP contribution in [0.1, 0.15) is 12.8 Å². The van der Waals surface area contributed by atoms with E-state index in [0.717, 1.165) is 0 Å². The van der Waals surface area contributed by atoms with Gasteiger partial charge in [-0.3, -0.25) is 9.59 Å². The quantitative estimate of drug-likeness (QED) is 0.827. The van der Waals surface area contributed by atoms with E-state index in [1.54, 1.807) is 37.5 Å². The largest absolute Gasteiger partial charge is 0.497 e. The van der Waals surface area contributed by atoms with Crippen molar-refractivity contribution < 1.29 is 19.4 Å². The molecule has 2 rings (SSSR count). The molecule has 0 aliphatic heterocycles. The van der Waals surface area contributed by atoms with Crippen molar-refractivity contribution in [2.24, 2.45) is 11.8 Å². The predicted molar refractivity (Wildman–Crippen MR) is 74.6 cm³/mol. The maximum atomic E-state index is 12.2. The van der Waals surface area contributed by atoms with E-state index in [4.69, 9.17) is 9.84 Å². The van der Waals surface area contributed by atoms with Crippen molar-refractivity contribution >= 4 is 17.6 Å². The van der Waals surface area contributed by atoms with Crippen molar-refractivity contribution in [1.82, 2.24) is 0 Å². The van der Waals surface area contributed by atoms with Gasteiger partial charge in [0.15, 0.2) is 0 Å². The molecule has 1 aromatic rings. The van der Waals surface area contributed by atoms with Crippen LogP contribution >= 0.6 is 0 Å². The van der Waals surface area contributed by atoms with Gasteiger partial charge in [0.05, 0.1) is 18.9 Å². The summed E-state index contributed by atoms with van der Waals surface area (Å²) in [5, 5.41) is 11.9. The third-order valence-corrected chi connectivity index (χ3v) is 3.40. The number of carboxylic acid groups (broad SMARTS) is 1. The van der Waals surface area contributed by atoms with Gasteiger partial charge in [0.25, 0.3) is 0 Å². The SMILES string of the molecule is COc1ccc(NC(=O)C2C=CCCC2C(=O)O)cc1. The van der Waals surface area contributed by atoms with Gasteiger partial charge in [-0.1, -0.05) is 12.2 Å². The minimum atomic E-state index is -0.927. The van der Waals surface area contributed by atoms with Crippen LogP contribution in [0, 0.1) is 11.8 Å². The van der Waals surface area contributed by atoms with E-state index in [0.29, 0.717) is 24.3 Å². The zero-order chi connectivity index (χ0) is 14.5. The van der Waals surface area contributed by atoms with Crippen LogP contribution in [0.5, 0.6) is 5.75 Å². The van der Waals surface area contributed by atoms with Crippen LogP contribution < -0.4 is 10.1 Å². The molecule has 5 nitrogen and oxygen atoms in total. The number of methoxy groups -OCH3 is 1. The van der Waals surface area contributed by atoms with Crippen molar-refractivity contribution in [3.8, 4) is 5.75 Å². The number of hydrogen-bond acceptors (Lipinski definition) is 3. The maximum Gasteiger partial charge on any atom is 0.307 e. The summed E-state index contributed by atoms with van der Waals surface area (Å²) >= 11 is 0. The van der Waals surface area contributed by atoms with Gasteiger partial charge in [-0.2, -0.15) is 0 Å². The number of amides is 1. The minimum absolute atomic E-state index is 0.293. The first-order chi connectivity index (χ1) is 9.61. The highest BCUT2D eigenvalue weighted by molar-refractivity contribution is 5.96. The molecule has 0 heterocycles. The summed E-state index contributed by atoms with van der Waals surface area (Å²) in [4.78, 5) is 23.4. The molecule has 1 aromatic carbocycles. The Morgan fingerprint density at radius 3 is 2.60 bits per heavy atom. The van der Waals surface area contributed by atoms with Crippen LogP contribution in [0.4, 0.5) is 5.69 Å². The van der Waals surface area contributed by atoms with Crippen LogP contribution in [-0.2, 0) is 9.59 Å². The first-order valence-corrected chi connectivity index (χ1v) is 6.46. The first-order valence-electron chi connectivity index (χ1n) is 6.46. The second-order valence-electron chi connectivity index (χ2n) is 4.69. The van der Waals surface area contributed by atoms with E-state index < -0.39 is 17.8 Å². The van der Waals surface area contributed by atoms with Gasteiger partial charge in [0.2, 0.25) is 5.91 Å². The fourth-order valence-electron chi connectivity index (χ4n) is 2.28. The highest BCUT2D eigenvalue weighted by Gasteiger charge is 2.33. The Kier molecular flexibility index (Phi) is 4.40. The summed E-state index contributed by atoms with van der Waals surface area (Å²) in [6.07, 6.45) is 4.73. The third-order valence-electron chi connectivity index (χ3n) is 3.40. The van der Waals surface area contributed by atoms with Crippen molar-refractivity contribution in [2.75, 3.05) is 12.4 Å². The monoisotopic (exact) mass is 275 g/mol. The Morgan fingerprint density at radius 2 is 2.00 bits per heavy atom. The molecule has 106 valence electrons. The second kappa shape index (κ2) is 6.23. The number of ether oxygens (including phenoxy) is 1. The van der Waals surface area contributed by atoms with Gasteiger partial charge >= 0.3 is 5.97 Å². The molecule has 0 radical (unpaired) electrons. The Balaban J connectivity index is 2.07. The standard InChI is InChI=1S/C15H17NO4/c1-20-11-8-6-10(7-9-11)16-14(17)12-4-2-3-5-13(12)15(18)19/h2,4,6-9,12-13H,3,5H2,1H3,(H,16,17)(H,18,19). The second-order valence-corrected chi connectivity index (χ2v) is 4.69. The van der Waals surface area contributed by atoms with E-state index in [1.165, 1.54) is 0 Å². The summed E-state index contributed by atoms with van der Waals surface area (Å²) in [6.45, 7) is 0. The van der Waals surface area contributed by atoms with Crippen molar-refractivity contribution in [2.45, 2.75) is 12.8 Å². The van der Waals surface area contributed by atoms with Gasteiger partial charge in [-0.05, 0) is 37.1 Å². The zero-order valence-corrected chi connectivity index (χ0v) is 11.2. The molecule has 0 saturated carbocycles. The molecule has 2 unspecified atom stereocenters. The first kappa shape index (κ1) is 14.1. The minimum Gasteiger partial charge on any atom is -0.497 e. The summed E-state index contributed by atoms with van der Waals surface area (Å²) in [5.41, 5.74) is 0.624. The van der Waals surface area contributed by atoms with Gasteiger partial charge < -0.3 is 15.2 Å². The Hall–Kier alpha value is -2.30. The number of carboxylic acids is 1. The lowest BCUT2D eigenvalue weighted by atomic mass is 9.83. The van der Waals surface area contributed by atoms with Crippen LogP contribution in [0.15, 0.2) is 36.4 Å². The molecule has 2 N–H and O–H groups in total. The van der Waals surface area contributed by atoms with E-state index in [1.807, 2.05) is 6.08 Å². The van der Waals surface area contributed by atoms with Gasteiger partial charge in [-0.25, -0.2) is 0 Å². The Labute approximate surface area is 117 Å². The topological polar surface area (TPSA) is 75.6 Å². The average Bonchev–Trinajstić information content (AvgIpc) is 2.48. The molecule has 0 spiro atoms. The van der Waals surface area contributed by atoms with Crippen LogP contribution in [0.25, 0.3) is 0 Å². The van der Waals surface area contributed by atoms with E-state index >= 15 is 0 Å². The van der Waals surface area contributed by atoms with Crippen molar-refractivity contribution in [3.05, 3.63) is 36.4 Å². The fourth-order valence-corrected chi connectivity index (χ4v) is 2.28. The number of benzene rings is 1. The number of rotatable bonds is 4. The molecule has 1 amide bonds. The molecule has 20 heavy (non-hydrogen) atoms. The Bertz CT molecular complexity index is 521. The van der Waals surface area contributed by atoms with Crippen LogP contribution in [-0.4, -0.2) is 24.1 Å². The number of hydrogen-bond donors (Lipinski definition) is 2. The number of nitrogens with one attached hydrogen (secondary N) is 1. The van der Waals surface area contributed by atoms with Gasteiger partial charge in [-0.15, -0.1) is 0 Å². The van der Waals surface area contributed by atoms with E-state index in [-0.39, 0.29) is 5.91 Å². The number of carbonyl (C=O) groups excluding carboxylic acids is 1. The molecule has 0 aromatic heterocycles. The molecule has 1 aliphatic carbocycles. The zero-order valence-electron chi connectivity index (χ0n) is 11.2. The lowest BCUT2D eigenvalue weighted by Crippen LogP contribution is -2.34. The molecule has 2 atom stereocenters. The fraction of sp³-hybridized carbons (Fsp3) is 0.333. The molecule has 5 heteroatoms. The smallest absolute Gasteiger partial charge is 0.307 e. The molecule has 1 aliphatic rings. The highest BCUT2D eigenvalue weighted by atomic mass is 16.5. The number of carbonyl (C=O) groups is 2. The van der Waals surface area contributed by atoms with Crippen molar-refractivity contribution in [1.29, 1.82) is 0 Å². The number of aliphatic carboxylic acids is 1. The molecule has 0 bridgehead atoms. The number of anilines is 1. The van der Waals surface area contributed by atoms with Gasteiger partial charge in [0, 0.05) is 5.69 Å². The maximum absolute atomic E-state index is 12.2. The highest BCUT2D eigenvalue weighted by Crippen LogP contribution is 2.26. The summed E-state index contributed by atoms with van der Waals surface area (Å²) < 4.78 is 5.04. The predicted octanol–water partition coefficient (Wildman–Crippen LogP) is 2.30. The third kappa shape index (κ3) is 3.17. The summed E-state index contributed by atoms with van der Waals surface area (Å²) in [7, 11) is 1.57. The molecule has 0 fully saturated rings. The van der Waals surface area contributed by atoms with E-state index in [9.17, 15) is 9.59 Å². The summed E-state index contributed by atoms with van der Waals surface area (Å²) in [6, 6.07) is 6.92. The lowest BCUT2D eigenvalue weighted by Gasteiger charge is -2.23. The molecular weight excluding hydrogens is 258 g/mol.